The molecule has 1 fully saturated rings. The number of anilines is 1. The van der Waals surface area contributed by atoms with E-state index in [0.717, 1.165) is 30.1 Å². The minimum absolute atomic E-state index is 0.0752. The van der Waals surface area contributed by atoms with Crippen molar-refractivity contribution in [2.24, 2.45) is 5.92 Å². The number of unbranched alkanes of at least 4 members (excludes halogenated alkanes) is 1. The molecule has 0 radical (unpaired) electrons. The van der Waals surface area contributed by atoms with Crippen LogP contribution in [0.1, 0.15) is 44.2 Å². The molecule has 1 aromatic heterocycles. The third kappa shape index (κ3) is 3.38. The lowest BCUT2D eigenvalue weighted by Crippen LogP contribution is -2.13. The van der Waals surface area contributed by atoms with Gasteiger partial charge in [-0.3, -0.25) is 4.57 Å². The van der Waals surface area contributed by atoms with Crippen LogP contribution >= 0.6 is 0 Å². The van der Waals surface area contributed by atoms with Crippen molar-refractivity contribution in [3.05, 3.63) is 46.6 Å². The Hall–Kier alpha value is -1.97. The van der Waals surface area contributed by atoms with Gasteiger partial charge in [0.05, 0.1) is 5.69 Å². The highest BCUT2D eigenvalue weighted by Gasteiger charge is 2.16. The van der Waals surface area contributed by atoms with Crippen LogP contribution in [-0.2, 0) is 6.42 Å². The largest absolute Gasteiger partial charge is 0.399 e. The second-order valence-electron chi connectivity index (χ2n) is 6.09. The van der Waals surface area contributed by atoms with Gasteiger partial charge in [0.25, 0.3) is 0 Å². The number of nitrogens with two attached hydrogens (primary N) is 1. The molecular formula is C17H23N3O. The highest BCUT2D eigenvalue weighted by molar-refractivity contribution is 5.45. The van der Waals surface area contributed by atoms with Crippen LogP contribution in [0.4, 0.5) is 5.69 Å². The number of hydrogen-bond donors (Lipinski definition) is 2. The molecule has 0 spiro atoms. The topological polar surface area (TPSA) is 63.8 Å². The van der Waals surface area contributed by atoms with Gasteiger partial charge in [-0.1, -0.05) is 32.1 Å². The van der Waals surface area contributed by atoms with Crippen molar-refractivity contribution in [1.29, 1.82) is 0 Å². The Balaban J connectivity index is 1.58. The molecule has 0 unspecified atom stereocenters. The van der Waals surface area contributed by atoms with E-state index in [1.54, 1.807) is 4.57 Å². The number of hydrogen-bond acceptors (Lipinski definition) is 2. The molecule has 1 aliphatic carbocycles. The van der Waals surface area contributed by atoms with Gasteiger partial charge in [0.15, 0.2) is 0 Å². The quantitative estimate of drug-likeness (QED) is 0.632. The summed E-state index contributed by atoms with van der Waals surface area (Å²) < 4.78 is 1.65. The Bertz CT molecular complexity index is 635. The van der Waals surface area contributed by atoms with Crippen LogP contribution in [0.25, 0.3) is 5.69 Å². The van der Waals surface area contributed by atoms with Crippen LogP contribution in [0.3, 0.4) is 0 Å². The van der Waals surface area contributed by atoms with Gasteiger partial charge < -0.3 is 10.7 Å². The number of nitrogen functional groups attached to an aromatic ring is 1. The maximum absolute atomic E-state index is 12.0. The second-order valence-corrected chi connectivity index (χ2v) is 6.09. The molecule has 0 atom stereocenters. The van der Waals surface area contributed by atoms with Gasteiger partial charge in [-0.2, -0.15) is 0 Å². The molecule has 0 aliphatic heterocycles. The summed E-state index contributed by atoms with van der Waals surface area (Å²) in [6.45, 7) is 0. The highest BCUT2D eigenvalue weighted by Crippen LogP contribution is 2.30. The van der Waals surface area contributed by atoms with Gasteiger partial charge in [0.2, 0.25) is 0 Å². The van der Waals surface area contributed by atoms with E-state index >= 15 is 0 Å². The van der Waals surface area contributed by atoms with Crippen molar-refractivity contribution in [1.82, 2.24) is 9.55 Å². The van der Waals surface area contributed by atoms with Gasteiger partial charge >= 0.3 is 5.69 Å². The first kappa shape index (κ1) is 14.0. The molecule has 1 aliphatic rings. The van der Waals surface area contributed by atoms with Crippen LogP contribution in [0.15, 0.2) is 35.3 Å². The number of benzene rings is 1. The first-order valence-electron chi connectivity index (χ1n) is 7.89. The Kier molecular flexibility index (Phi) is 4.13. The number of H-pyrrole nitrogens is 1. The molecule has 1 saturated carbocycles. The zero-order chi connectivity index (χ0) is 14.7. The third-order valence-electron chi connectivity index (χ3n) is 4.48. The van der Waals surface area contributed by atoms with E-state index < -0.39 is 0 Å². The molecule has 112 valence electrons. The molecule has 3 N–H and O–H groups in total. The van der Waals surface area contributed by atoms with Crippen LogP contribution in [0.5, 0.6) is 0 Å². The molecule has 3 rings (SSSR count). The zero-order valence-electron chi connectivity index (χ0n) is 12.3. The van der Waals surface area contributed by atoms with Crippen molar-refractivity contribution in [3.8, 4) is 5.69 Å². The molecule has 2 aromatic rings. The summed E-state index contributed by atoms with van der Waals surface area (Å²) in [5.74, 6) is 0.975. The van der Waals surface area contributed by atoms with E-state index in [1.807, 2.05) is 30.5 Å². The summed E-state index contributed by atoms with van der Waals surface area (Å²) in [6.07, 6.45) is 10.9. The van der Waals surface area contributed by atoms with E-state index in [2.05, 4.69) is 4.98 Å². The standard InChI is InChI=1S/C17H23N3O/c18-14-8-10-16(11-9-14)20-12-15(19-17(20)21)7-2-1-4-13-5-3-6-13/h8-13H,1-7,18H2,(H,19,21). The average Bonchev–Trinajstić information content (AvgIpc) is 2.78. The maximum Gasteiger partial charge on any atom is 0.330 e. The predicted octanol–water partition coefficient (Wildman–Crippen LogP) is 3.26. The van der Waals surface area contributed by atoms with Crippen molar-refractivity contribution < 1.29 is 0 Å². The summed E-state index contributed by atoms with van der Waals surface area (Å²) in [4.78, 5) is 14.9. The lowest BCUT2D eigenvalue weighted by molar-refractivity contribution is 0.287. The fraction of sp³-hybridized carbons (Fsp3) is 0.471. The molecule has 0 bridgehead atoms. The minimum Gasteiger partial charge on any atom is -0.399 e. The van der Waals surface area contributed by atoms with Gasteiger partial charge in [-0.05, 0) is 43.0 Å². The van der Waals surface area contributed by atoms with E-state index in [4.69, 9.17) is 5.73 Å². The van der Waals surface area contributed by atoms with Gasteiger partial charge in [-0.25, -0.2) is 4.79 Å². The smallest absolute Gasteiger partial charge is 0.330 e. The molecule has 4 nitrogen and oxygen atoms in total. The predicted molar refractivity (Wildman–Crippen MR) is 85.7 cm³/mol. The first-order chi connectivity index (χ1) is 10.2. The average molecular weight is 285 g/mol. The van der Waals surface area contributed by atoms with E-state index in [1.165, 1.54) is 32.1 Å². The molecule has 1 heterocycles. The first-order valence-corrected chi connectivity index (χ1v) is 7.89. The lowest BCUT2D eigenvalue weighted by Gasteiger charge is -2.24. The van der Waals surface area contributed by atoms with Crippen molar-refractivity contribution in [2.75, 3.05) is 5.73 Å². The molecular weight excluding hydrogens is 262 g/mol. The van der Waals surface area contributed by atoms with Crippen molar-refractivity contribution in [3.63, 3.8) is 0 Å². The Morgan fingerprint density at radius 3 is 2.62 bits per heavy atom. The van der Waals surface area contributed by atoms with Crippen LogP contribution in [-0.4, -0.2) is 9.55 Å². The molecule has 21 heavy (non-hydrogen) atoms. The molecule has 0 amide bonds. The second kappa shape index (κ2) is 6.20. The summed E-state index contributed by atoms with van der Waals surface area (Å²) in [7, 11) is 0. The number of nitrogens with one attached hydrogen (secondary N) is 1. The summed E-state index contributed by atoms with van der Waals surface area (Å²) >= 11 is 0. The Labute approximate surface area is 125 Å². The number of imidazole rings is 1. The Morgan fingerprint density at radius 1 is 1.19 bits per heavy atom. The zero-order valence-corrected chi connectivity index (χ0v) is 12.3. The molecule has 4 heteroatoms. The summed E-state index contributed by atoms with van der Waals surface area (Å²) in [6, 6.07) is 7.36. The molecule has 1 aromatic carbocycles. The number of aryl methyl sites for hydroxylation is 1. The normalized spacial score (nSPS) is 15.0. The maximum atomic E-state index is 12.0. The van der Waals surface area contributed by atoms with E-state index in [-0.39, 0.29) is 5.69 Å². The van der Waals surface area contributed by atoms with Crippen LogP contribution < -0.4 is 11.4 Å². The van der Waals surface area contributed by atoms with Gasteiger partial charge in [-0.15, -0.1) is 0 Å². The lowest BCUT2D eigenvalue weighted by atomic mass is 9.82. The monoisotopic (exact) mass is 285 g/mol. The van der Waals surface area contributed by atoms with Crippen molar-refractivity contribution >= 4 is 5.69 Å². The number of aromatic nitrogens is 2. The number of aromatic amines is 1. The van der Waals surface area contributed by atoms with E-state index in [0.29, 0.717) is 5.69 Å². The Morgan fingerprint density at radius 2 is 1.95 bits per heavy atom. The third-order valence-corrected chi connectivity index (χ3v) is 4.48. The van der Waals surface area contributed by atoms with Crippen LogP contribution in [0.2, 0.25) is 0 Å². The van der Waals surface area contributed by atoms with Gasteiger partial charge in [0, 0.05) is 17.6 Å². The van der Waals surface area contributed by atoms with Gasteiger partial charge in [0.1, 0.15) is 0 Å². The summed E-state index contributed by atoms with van der Waals surface area (Å²) in [5.41, 5.74) is 8.18. The van der Waals surface area contributed by atoms with Crippen molar-refractivity contribution in [2.45, 2.75) is 44.9 Å². The highest BCUT2D eigenvalue weighted by atomic mass is 16.1. The SMILES string of the molecule is Nc1ccc(-n2cc(CCCCC3CCC3)[nH]c2=O)cc1. The van der Waals surface area contributed by atoms with E-state index in [9.17, 15) is 4.79 Å². The minimum atomic E-state index is -0.0752. The summed E-state index contributed by atoms with van der Waals surface area (Å²) in [5, 5.41) is 0. The molecule has 0 saturated heterocycles. The van der Waals surface area contributed by atoms with Crippen LogP contribution in [0, 0.1) is 5.92 Å². The number of rotatable bonds is 6. The number of nitrogens with zero attached hydrogens (tertiary/aromatic N) is 1. The fourth-order valence-electron chi connectivity index (χ4n) is 2.93. The fourth-order valence-corrected chi connectivity index (χ4v) is 2.93.